The third-order valence-corrected chi connectivity index (χ3v) is 3.22. The summed E-state index contributed by atoms with van der Waals surface area (Å²) >= 11 is 1.30. The summed E-state index contributed by atoms with van der Waals surface area (Å²) in [6.07, 6.45) is 0.684. The third kappa shape index (κ3) is 2.38. The highest BCUT2D eigenvalue weighted by Gasteiger charge is 2.36. The largest absolute Gasteiger partial charge is 0.480 e. The van der Waals surface area contributed by atoms with E-state index in [2.05, 4.69) is 10.3 Å². The molecule has 88 valence electrons. The Kier molecular flexibility index (Phi) is 4.00. The second kappa shape index (κ2) is 5.07. The monoisotopic (exact) mass is 242 g/mol. The molecule has 0 saturated carbocycles. The van der Waals surface area contributed by atoms with E-state index < -0.39 is 17.4 Å². The van der Waals surface area contributed by atoms with Gasteiger partial charge in [0.15, 0.2) is 0 Å². The zero-order valence-corrected chi connectivity index (χ0v) is 10.0. The van der Waals surface area contributed by atoms with Crippen molar-refractivity contribution in [1.82, 2.24) is 10.3 Å². The summed E-state index contributed by atoms with van der Waals surface area (Å²) in [7, 11) is 0. The van der Waals surface area contributed by atoms with Crippen molar-refractivity contribution >= 4 is 23.2 Å². The molecule has 1 aromatic heterocycles. The molecule has 0 aromatic carbocycles. The van der Waals surface area contributed by atoms with Gasteiger partial charge in [-0.3, -0.25) is 4.79 Å². The van der Waals surface area contributed by atoms with Gasteiger partial charge in [0, 0.05) is 5.38 Å². The predicted molar refractivity (Wildman–Crippen MR) is 60.5 cm³/mol. The summed E-state index contributed by atoms with van der Waals surface area (Å²) in [4.78, 5) is 26.7. The number of nitrogens with zero attached hydrogens (tertiary/aromatic N) is 1. The lowest BCUT2D eigenvalue weighted by Crippen LogP contribution is -2.53. The number of carboxylic acids is 1. The fourth-order valence-electron chi connectivity index (χ4n) is 1.39. The number of carbonyl (C=O) groups excluding carboxylic acids is 1. The number of thiazole rings is 1. The normalized spacial score (nSPS) is 11.1. The van der Waals surface area contributed by atoms with Gasteiger partial charge in [0.05, 0.1) is 5.51 Å². The van der Waals surface area contributed by atoms with Crippen LogP contribution in [0.3, 0.4) is 0 Å². The van der Waals surface area contributed by atoms with Crippen LogP contribution in [0.1, 0.15) is 37.2 Å². The number of amides is 1. The number of rotatable bonds is 5. The molecular formula is C10H14N2O3S. The van der Waals surface area contributed by atoms with Crippen molar-refractivity contribution in [3.63, 3.8) is 0 Å². The van der Waals surface area contributed by atoms with Crippen molar-refractivity contribution in [2.75, 3.05) is 0 Å². The van der Waals surface area contributed by atoms with E-state index in [4.69, 9.17) is 5.11 Å². The van der Waals surface area contributed by atoms with Gasteiger partial charge in [0.1, 0.15) is 11.2 Å². The van der Waals surface area contributed by atoms with Crippen molar-refractivity contribution in [2.24, 2.45) is 0 Å². The Bertz CT molecular complexity index is 371. The highest BCUT2D eigenvalue weighted by atomic mass is 32.1. The van der Waals surface area contributed by atoms with Crippen molar-refractivity contribution in [3.05, 3.63) is 16.6 Å². The molecule has 1 heterocycles. The van der Waals surface area contributed by atoms with E-state index in [0.29, 0.717) is 12.8 Å². The molecule has 16 heavy (non-hydrogen) atoms. The molecule has 1 rings (SSSR count). The molecule has 0 unspecified atom stereocenters. The third-order valence-electron chi connectivity index (χ3n) is 2.63. The van der Waals surface area contributed by atoms with Gasteiger partial charge < -0.3 is 10.4 Å². The topological polar surface area (TPSA) is 79.3 Å². The van der Waals surface area contributed by atoms with Crippen LogP contribution in [0.5, 0.6) is 0 Å². The van der Waals surface area contributed by atoms with Crippen LogP contribution < -0.4 is 5.32 Å². The molecule has 0 spiro atoms. The van der Waals surface area contributed by atoms with E-state index in [9.17, 15) is 9.59 Å². The highest BCUT2D eigenvalue weighted by Crippen LogP contribution is 2.16. The van der Waals surface area contributed by atoms with E-state index in [1.54, 1.807) is 19.2 Å². The predicted octanol–water partition coefficient (Wildman–Crippen LogP) is 1.52. The van der Waals surface area contributed by atoms with Crippen LogP contribution in [0, 0.1) is 0 Å². The Morgan fingerprint density at radius 2 is 2.12 bits per heavy atom. The number of carboxylic acid groups (broad SMARTS) is 1. The molecule has 1 amide bonds. The molecule has 0 aliphatic heterocycles. The second-order valence-corrected chi connectivity index (χ2v) is 4.14. The van der Waals surface area contributed by atoms with Gasteiger partial charge in [-0.25, -0.2) is 9.78 Å². The average molecular weight is 242 g/mol. The minimum atomic E-state index is -1.19. The van der Waals surface area contributed by atoms with Crippen LogP contribution in [0.2, 0.25) is 0 Å². The van der Waals surface area contributed by atoms with Gasteiger partial charge in [-0.05, 0) is 12.8 Å². The maximum absolute atomic E-state index is 11.7. The zero-order valence-electron chi connectivity index (χ0n) is 9.19. The minimum absolute atomic E-state index is 0.262. The van der Waals surface area contributed by atoms with Gasteiger partial charge in [-0.15, -0.1) is 11.3 Å². The Labute approximate surface area is 97.5 Å². The molecular weight excluding hydrogens is 228 g/mol. The number of carbonyl (C=O) groups is 2. The Hall–Kier alpha value is -1.43. The highest BCUT2D eigenvalue weighted by molar-refractivity contribution is 7.07. The molecule has 1 aromatic rings. The fourth-order valence-corrected chi connectivity index (χ4v) is 1.92. The van der Waals surface area contributed by atoms with Gasteiger partial charge in [-0.1, -0.05) is 13.8 Å². The van der Waals surface area contributed by atoms with Crippen molar-refractivity contribution in [1.29, 1.82) is 0 Å². The van der Waals surface area contributed by atoms with Crippen LogP contribution in [-0.2, 0) is 4.79 Å². The van der Waals surface area contributed by atoms with Crippen LogP contribution >= 0.6 is 11.3 Å². The first-order valence-corrected chi connectivity index (χ1v) is 5.94. The molecule has 0 radical (unpaired) electrons. The number of hydrogen-bond donors (Lipinski definition) is 2. The van der Waals surface area contributed by atoms with Gasteiger partial charge >= 0.3 is 5.97 Å². The maximum Gasteiger partial charge on any atom is 0.329 e. The summed E-state index contributed by atoms with van der Waals surface area (Å²) in [6, 6.07) is 0. The van der Waals surface area contributed by atoms with Crippen LogP contribution in [0.4, 0.5) is 0 Å². The Balaban J connectivity index is 2.84. The standard InChI is InChI=1S/C10H14N2O3S/c1-3-10(4-2,9(14)15)12-8(13)7-5-16-6-11-7/h5-6H,3-4H2,1-2H3,(H,12,13)(H,14,15). The first-order valence-electron chi connectivity index (χ1n) is 5.00. The lowest BCUT2D eigenvalue weighted by atomic mass is 9.93. The molecule has 0 saturated heterocycles. The summed E-state index contributed by atoms with van der Waals surface area (Å²) in [5.74, 6) is -1.45. The Morgan fingerprint density at radius 3 is 2.50 bits per heavy atom. The van der Waals surface area contributed by atoms with Gasteiger partial charge in [-0.2, -0.15) is 0 Å². The summed E-state index contributed by atoms with van der Waals surface area (Å²) in [6.45, 7) is 3.47. The molecule has 6 heteroatoms. The van der Waals surface area contributed by atoms with Crippen LogP contribution in [0.25, 0.3) is 0 Å². The van der Waals surface area contributed by atoms with Gasteiger partial charge in [0.25, 0.3) is 5.91 Å². The van der Waals surface area contributed by atoms with Crippen molar-refractivity contribution in [2.45, 2.75) is 32.2 Å². The first-order chi connectivity index (χ1) is 7.55. The van der Waals surface area contributed by atoms with E-state index in [1.165, 1.54) is 16.8 Å². The van der Waals surface area contributed by atoms with Crippen molar-refractivity contribution in [3.8, 4) is 0 Å². The molecule has 5 nitrogen and oxygen atoms in total. The Morgan fingerprint density at radius 1 is 1.50 bits per heavy atom. The smallest absolute Gasteiger partial charge is 0.329 e. The maximum atomic E-state index is 11.7. The summed E-state index contributed by atoms with van der Waals surface area (Å²) in [5.41, 5.74) is 0.605. The molecule has 0 atom stereocenters. The molecule has 0 aliphatic carbocycles. The van der Waals surface area contributed by atoms with Crippen LogP contribution in [-0.4, -0.2) is 27.5 Å². The van der Waals surface area contributed by atoms with Crippen LogP contribution in [0.15, 0.2) is 10.9 Å². The number of aliphatic carboxylic acids is 1. The minimum Gasteiger partial charge on any atom is -0.480 e. The average Bonchev–Trinajstić information content (AvgIpc) is 2.78. The lowest BCUT2D eigenvalue weighted by Gasteiger charge is -2.27. The number of aromatic nitrogens is 1. The second-order valence-electron chi connectivity index (χ2n) is 3.42. The SMILES string of the molecule is CCC(CC)(NC(=O)c1cscn1)C(=O)O. The van der Waals surface area contributed by atoms with E-state index >= 15 is 0 Å². The molecule has 2 N–H and O–H groups in total. The van der Waals surface area contributed by atoms with Gasteiger partial charge in [0.2, 0.25) is 0 Å². The quantitative estimate of drug-likeness (QED) is 0.820. The van der Waals surface area contributed by atoms with E-state index in [-0.39, 0.29) is 5.69 Å². The summed E-state index contributed by atoms with van der Waals surface area (Å²) < 4.78 is 0. The number of nitrogens with one attached hydrogen (secondary N) is 1. The zero-order chi connectivity index (χ0) is 12.2. The van der Waals surface area contributed by atoms with E-state index in [0.717, 1.165) is 0 Å². The van der Waals surface area contributed by atoms with Crippen molar-refractivity contribution < 1.29 is 14.7 Å². The lowest BCUT2D eigenvalue weighted by molar-refractivity contribution is -0.144. The molecule has 0 aliphatic rings. The molecule has 0 bridgehead atoms. The first kappa shape index (κ1) is 12.6. The number of hydrogen-bond acceptors (Lipinski definition) is 4. The van der Waals surface area contributed by atoms with E-state index in [1.807, 2.05) is 0 Å². The fraction of sp³-hybridized carbons (Fsp3) is 0.500. The molecule has 0 fully saturated rings. The summed E-state index contributed by atoms with van der Waals surface area (Å²) in [5, 5.41) is 13.3.